The highest BCUT2D eigenvalue weighted by Gasteiger charge is 2.19. The zero-order chi connectivity index (χ0) is 10.6. The van der Waals surface area contributed by atoms with Gasteiger partial charge in [0.05, 0.1) is 5.92 Å². The van der Waals surface area contributed by atoms with Crippen LogP contribution >= 0.6 is 0 Å². The number of aliphatic carboxylic acids is 1. The van der Waals surface area contributed by atoms with Gasteiger partial charge in [-0.3, -0.25) is 4.79 Å². The molecular formula is C11H21NO2. The van der Waals surface area contributed by atoms with Gasteiger partial charge in [-0.25, -0.2) is 0 Å². The normalized spacial score (nSPS) is 26.0. The fourth-order valence-electron chi connectivity index (χ4n) is 1.97. The van der Waals surface area contributed by atoms with Crippen molar-refractivity contribution in [3.63, 3.8) is 0 Å². The number of piperidine rings is 1. The number of carboxylic acid groups (broad SMARTS) is 1. The Hall–Kier alpha value is -0.570. The van der Waals surface area contributed by atoms with Gasteiger partial charge in [0.2, 0.25) is 0 Å². The van der Waals surface area contributed by atoms with Gasteiger partial charge in [0.15, 0.2) is 0 Å². The van der Waals surface area contributed by atoms with Gasteiger partial charge >= 0.3 is 5.97 Å². The number of nitrogens with zero attached hydrogens (tertiary/aromatic N) is 1. The molecule has 2 unspecified atom stereocenters. The third-order valence-electron chi connectivity index (χ3n) is 3.21. The van der Waals surface area contributed by atoms with Crippen molar-refractivity contribution in [3.8, 4) is 0 Å². The van der Waals surface area contributed by atoms with Crippen molar-refractivity contribution in [1.29, 1.82) is 0 Å². The first-order valence-electron chi connectivity index (χ1n) is 5.58. The number of hydrogen-bond donors (Lipinski definition) is 1. The van der Waals surface area contributed by atoms with E-state index in [2.05, 4.69) is 11.8 Å². The maximum absolute atomic E-state index is 10.6. The highest BCUT2D eigenvalue weighted by molar-refractivity contribution is 5.69. The number of hydrogen-bond acceptors (Lipinski definition) is 2. The molecule has 1 saturated heterocycles. The first-order valence-corrected chi connectivity index (χ1v) is 5.58. The van der Waals surface area contributed by atoms with Crippen molar-refractivity contribution in [2.45, 2.75) is 45.6 Å². The second-order valence-electron chi connectivity index (χ2n) is 4.41. The lowest BCUT2D eigenvalue weighted by Gasteiger charge is -2.33. The fraction of sp³-hybridized carbons (Fsp3) is 0.909. The quantitative estimate of drug-likeness (QED) is 0.752. The molecule has 3 nitrogen and oxygen atoms in total. The summed E-state index contributed by atoms with van der Waals surface area (Å²) in [5, 5.41) is 8.76. The number of likely N-dealkylation sites (tertiary alicyclic amines) is 1. The van der Waals surface area contributed by atoms with Gasteiger partial charge in [0.1, 0.15) is 0 Å². The van der Waals surface area contributed by atoms with E-state index in [1.807, 2.05) is 0 Å². The van der Waals surface area contributed by atoms with Crippen LogP contribution < -0.4 is 0 Å². The lowest BCUT2D eigenvalue weighted by atomic mass is 10.0. The van der Waals surface area contributed by atoms with Crippen LogP contribution in [0.15, 0.2) is 0 Å². The monoisotopic (exact) mass is 199 g/mol. The largest absolute Gasteiger partial charge is 0.481 e. The summed E-state index contributed by atoms with van der Waals surface area (Å²) in [6.45, 7) is 6.11. The minimum absolute atomic E-state index is 0.205. The number of carbonyl (C=O) groups is 1. The van der Waals surface area contributed by atoms with Gasteiger partial charge in [-0.1, -0.05) is 13.3 Å². The van der Waals surface area contributed by atoms with E-state index in [0.717, 1.165) is 19.5 Å². The van der Waals surface area contributed by atoms with Crippen molar-refractivity contribution in [3.05, 3.63) is 0 Å². The number of rotatable bonds is 4. The SMILES string of the molecule is CC(CCN1CCCCC1C)C(=O)O. The molecule has 0 saturated carbocycles. The van der Waals surface area contributed by atoms with Crippen LogP contribution in [0.2, 0.25) is 0 Å². The third-order valence-corrected chi connectivity index (χ3v) is 3.21. The summed E-state index contributed by atoms with van der Waals surface area (Å²) in [4.78, 5) is 13.1. The van der Waals surface area contributed by atoms with Crippen molar-refractivity contribution < 1.29 is 9.90 Å². The molecule has 0 aromatic rings. The van der Waals surface area contributed by atoms with Gasteiger partial charge in [-0.05, 0) is 39.3 Å². The summed E-state index contributed by atoms with van der Waals surface area (Å²) < 4.78 is 0. The Kier molecular flexibility index (Phi) is 4.39. The predicted molar refractivity (Wildman–Crippen MR) is 56.3 cm³/mol. The average Bonchev–Trinajstić information content (AvgIpc) is 2.16. The molecule has 1 fully saturated rings. The molecule has 0 aliphatic carbocycles. The molecule has 14 heavy (non-hydrogen) atoms. The number of carboxylic acids is 1. The Morgan fingerprint density at radius 3 is 2.86 bits per heavy atom. The Bertz CT molecular complexity index is 194. The molecular weight excluding hydrogens is 178 g/mol. The van der Waals surface area contributed by atoms with Crippen molar-refractivity contribution in [1.82, 2.24) is 4.90 Å². The molecule has 0 radical (unpaired) electrons. The molecule has 1 N–H and O–H groups in total. The van der Waals surface area contributed by atoms with Crippen LogP contribution in [0.3, 0.4) is 0 Å². The van der Waals surface area contributed by atoms with Crippen LogP contribution in [-0.4, -0.2) is 35.1 Å². The highest BCUT2D eigenvalue weighted by atomic mass is 16.4. The summed E-state index contributed by atoms with van der Waals surface area (Å²) >= 11 is 0. The summed E-state index contributed by atoms with van der Waals surface area (Å²) in [7, 11) is 0. The van der Waals surface area contributed by atoms with Crippen LogP contribution in [-0.2, 0) is 4.79 Å². The Morgan fingerprint density at radius 2 is 2.29 bits per heavy atom. The zero-order valence-corrected chi connectivity index (χ0v) is 9.20. The fourth-order valence-corrected chi connectivity index (χ4v) is 1.97. The standard InChI is InChI=1S/C11H21NO2/c1-9(11(13)14)6-8-12-7-4-3-5-10(12)2/h9-10H,3-8H2,1-2H3,(H,13,14). The van der Waals surface area contributed by atoms with Crippen molar-refractivity contribution in [2.24, 2.45) is 5.92 Å². The van der Waals surface area contributed by atoms with Crippen molar-refractivity contribution in [2.75, 3.05) is 13.1 Å². The van der Waals surface area contributed by atoms with Crippen LogP contribution in [0.25, 0.3) is 0 Å². The molecule has 0 amide bonds. The maximum Gasteiger partial charge on any atom is 0.306 e. The second-order valence-corrected chi connectivity index (χ2v) is 4.41. The molecule has 1 aliphatic heterocycles. The van der Waals surface area contributed by atoms with Crippen LogP contribution in [0, 0.1) is 5.92 Å². The van der Waals surface area contributed by atoms with E-state index in [4.69, 9.17) is 5.11 Å². The summed E-state index contributed by atoms with van der Waals surface area (Å²) in [6, 6.07) is 0.643. The van der Waals surface area contributed by atoms with E-state index in [0.29, 0.717) is 6.04 Å². The molecule has 1 heterocycles. The molecule has 82 valence electrons. The maximum atomic E-state index is 10.6. The van der Waals surface area contributed by atoms with Gasteiger partial charge in [-0.15, -0.1) is 0 Å². The highest BCUT2D eigenvalue weighted by Crippen LogP contribution is 2.17. The lowest BCUT2D eigenvalue weighted by molar-refractivity contribution is -0.141. The molecule has 0 aromatic heterocycles. The lowest BCUT2D eigenvalue weighted by Crippen LogP contribution is -2.38. The Labute approximate surface area is 86.1 Å². The minimum atomic E-state index is -0.672. The van der Waals surface area contributed by atoms with Gasteiger partial charge in [-0.2, -0.15) is 0 Å². The van der Waals surface area contributed by atoms with Gasteiger partial charge in [0, 0.05) is 6.04 Å². The molecule has 1 aliphatic rings. The average molecular weight is 199 g/mol. The summed E-state index contributed by atoms with van der Waals surface area (Å²) in [6.07, 6.45) is 4.64. The molecule has 0 spiro atoms. The van der Waals surface area contributed by atoms with E-state index in [1.54, 1.807) is 6.92 Å². The molecule has 1 rings (SSSR count). The zero-order valence-electron chi connectivity index (χ0n) is 9.20. The predicted octanol–water partition coefficient (Wildman–Crippen LogP) is 1.97. The van der Waals surface area contributed by atoms with E-state index < -0.39 is 5.97 Å². The third kappa shape index (κ3) is 3.29. The van der Waals surface area contributed by atoms with E-state index in [-0.39, 0.29) is 5.92 Å². The first-order chi connectivity index (χ1) is 6.61. The van der Waals surface area contributed by atoms with Crippen LogP contribution in [0.4, 0.5) is 0 Å². The van der Waals surface area contributed by atoms with Crippen molar-refractivity contribution >= 4 is 5.97 Å². The molecule has 0 aromatic carbocycles. The van der Waals surface area contributed by atoms with Gasteiger partial charge in [0.25, 0.3) is 0 Å². The van der Waals surface area contributed by atoms with Crippen LogP contribution in [0.1, 0.15) is 39.5 Å². The second kappa shape index (κ2) is 5.35. The minimum Gasteiger partial charge on any atom is -0.481 e. The summed E-state index contributed by atoms with van der Waals surface area (Å²) in [5.41, 5.74) is 0. The smallest absolute Gasteiger partial charge is 0.306 e. The molecule has 2 atom stereocenters. The Balaban J connectivity index is 2.25. The van der Waals surface area contributed by atoms with Crippen LogP contribution in [0.5, 0.6) is 0 Å². The Morgan fingerprint density at radius 1 is 1.57 bits per heavy atom. The van der Waals surface area contributed by atoms with E-state index in [1.165, 1.54) is 19.3 Å². The molecule has 3 heteroatoms. The van der Waals surface area contributed by atoms with Gasteiger partial charge < -0.3 is 10.0 Å². The van der Waals surface area contributed by atoms with E-state index in [9.17, 15) is 4.79 Å². The van der Waals surface area contributed by atoms with E-state index >= 15 is 0 Å². The topological polar surface area (TPSA) is 40.5 Å². The summed E-state index contributed by atoms with van der Waals surface area (Å²) in [5.74, 6) is -0.876. The first kappa shape index (κ1) is 11.5. The molecule has 0 bridgehead atoms.